The molecule has 1 aromatic carbocycles. The second-order valence-corrected chi connectivity index (χ2v) is 3.06. The molecule has 0 fully saturated rings. The third kappa shape index (κ3) is 3.88. The van der Waals surface area contributed by atoms with Crippen molar-refractivity contribution < 1.29 is 9.90 Å². The zero-order valence-electron chi connectivity index (χ0n) is 8.03. The maximum absolute atomic E-state index is 10.6. The number of hydrogen-bond donors (Lipinski definition) is 1. The number of carbonyl (C=O) groups is 1. The number of rotatable bonds is 2. The summed E-state index contributed by atoms with van der Waals surface area (Å²) >= 11 is 0. The molecule has 1 atom stereocenters. The van der Waals surface area contributed by atoms with Gasteiger partial charge in [-0.05, 0) is 19.1 Å². The molecule has 0 aromatic heterocycles. The Morgan fingerprint density at radius 1 is 1.43 bits per heavy atom. The van der Waals surface area contributed by atoms with Crippen LogP contribution < -0.4 is 0 Å². The van der Waals surface area contributed by atoms with Gasteiger partial charge in [0.1, 0.15) is 11.9 Å². The summed E-state index contributed by atoms with van der Waals surface area (Å²) < 4.78 is 0. The Kier molecular flexibility index (Phi) is 3.90. The fourth-order valence-corrected chi connectivity index (χ4v) is 1.01. The molecule has 0 saturated carbocycles. The first-order valence-corrected chi connectivity index (χ1v) is 4.42. The van der Waals surface area contributed by atoms with Gasteiger partial charge in [0.2, 0.25) is 0 Å². The summed E-state index contributed by atoms with van der Waals surface area (Å²) in [4.78, 5) is 10.6. The molecule has 1 aromatic rings. The minimum atomic E-state index is -0.854. The van der Waals surface area contributed by atoms with Crippen molar-refractivity contribution in [1.29, 1.82) is 0 Å². The predicted molar refractivity (Wildman–Crippen MR) is 54.6 cm³/mol. The van der Waals surface area contributed by atoms with E-state index in [4.69, 9.17) is 0 Å². The molecule has 0 radical (unpaired) electrons. The maximum Gasteiger partial charge on any atom is 0.133 e. The van der Waals surface area contributed by atoms with Gasteiger partial charge in [0.05, 0.1) is 0 Å². The number of aliphatic hydroxyl groups is 1. The van der Waals surface area contributed by atoms with Gasteiger partial charge in [0.15, 0.2) is 0 Å². The van der Waals surface area contributed by atoms with Gasteiger partial charge < -0.3 is 5.11 Å². The van der Waals surface area contributed by atoms with Gasteiger partial charge in [-0.3, -0.25) is 4.79 Å². The van der Waals surface area contributed by atoms with Crippen LogP contribution in [0.25, 0.3) is 0 Å². The molecule has 0 bridgehead atoms. The van der Waals surface area contributed by atoms with E-state index in [-0.39, 0.29) is 12.2 Å². The van der Waals surface area contributed by atoms with Crippen LogP contribution in [0, 0.1) is 11.8 Å². The molecule has 2 nitrogen and oxygen atoms in total. The van der Waals surface area contributed by atoms with Crippen molar-refractivity contribution in [1.82, 2.24) is 0 Å². The van der Waals surface area contributed by atoms with Crippen LogP contribution in [0.4, 0.5) is 0 Å². The smallest absolute Gasteiger partial charge is 0.133 e. The van der Waals surface area contributed by atoms with Crippen LogP contribution in [0.5, 0.6) is 0 Å². The van der Waals surface area contributed by atoms with Gasteiger partial charge in [0.25, 0.3) is 0 Å². The van der Waals surface area contributed by atoms with Crippen molar-refractivity contribution >= 4 is 5.78 Å². The molecule has 0 unspecified atom stereocenters. The average molecular weight is 188 g/mol. The fraction of sp³-hybridized carbons (Fsp3) is 0.250. The number of carbonyl (C=O) groups excluding carboxylic acids is 1. The van der Waals surface area contributed by atoms with E-state index in [0.29, 0.717) is 0 Å². The Balaban J connectivity index is 2.60. The lowest BCUT2D eigenvalue weighted by atomic mass is 10.1. The Morgan fingerprint density at radius 3 is 2.64 bits per heavy atom. The van der Waals surface area contributed by atoms with Crippen LogP contribution in [-0.4, -0.2) is 17.0 Å². The van der Waals surface area contributed by atoms with E-state index in [1.807, 2.05) is 30.3 Å². The predicted octanol–water partition coefficient (Wildman–Crippen LogP) is 1.38. The van der Waals surface area contributed by atoms with Crippen LogP contribution in [0.3, 0.4) is 0 Å². The van der Waals surface area contributed by atoms with Crippen molar-refractivity contribution in [3.63, 3.8) is 0 Å². The Hall–Kier alpha value is -1.59. The van der Waals surface area contributed by atoms with E-state index in [1.54, 1.807) is 0 Å². The largest absolute Gasteiger partial charge is 0.380 e. The lowest BCUT2D eigenvalue weighted by molar-refractivity contribution is -0.118. The summed E-state index contributed by atoms with van der Waals surface area (Å²) in [5, 5.41) is 9.29. The Morgan fingerprint density at radius 2 is 2.07 bits per heavy atom. The zero-order valence-corrected chi connectivity index (χ0v) is 8.03. The van der Waals surface area contributed by atoms with Gasteiger partial charge >= 0.3 is 0 Å². The van der Waals surface area contributed by atoms with Crippen LogP contribution in [0.1, 0.15) is 18.9 Å². The highest BCUT2D eigenvalue weighted by atomic mass is 16.3. The molecule has 0 saturated heterocycles. The average Bonchev–Trinajstić information content (AvgIpc) is 2.15. The quantitative estimate of drug-likeness (QED) is 0.712. The number of hydrogen-bond acceptors (Lipinski definition) is 2. The van der Waals surface area contributed by atoms with Crippen molar-refractivity contribution in [3.05, 3.63) is 35.9 Å². The number of Topliss-reactive ketones (excluding diaryl/α,β-unsaturated/α-hetero) is 1. The molecule has 0 spiro atoms. The van der Waals surface area contributed by atoms with E-state index < -0.39 is 6.10 Å². The molecule has 1 rings (SSSR count). The maximum atomic E-state index is 10.6. The third-order valence-electron chi connectivity index (χ3n) is 1.64. The highest BCUT2D eigenvalue weighted by Gasteiger charge is 2.01. The lowest BCUT2D eigenvalue weighted by Gasteiger charge is -1.97. The molecular weight excluding hydrogens is 176 g/mol. The molecule has 0 heterocycles. The summed E-state index contributed by atoms with van der Waals surface area (Å²) in [7, 11) is 0. The first-order chi connectivity index (χ1) is 6.68. The van der Waals surface area contributed by atoms with Crippen LogP contribution in [0.2, 0.25) is 0 Å². The summed E-state index contributed by atoms with van der Waals surface area (Å²) in [6.07, 6.45) is -0.757. The topological polar surface area (TPSA) is 37.3 Å². The molecule has 14 heavy (non-hydrogen) atoms. The summed E-state index contributed by atoms with van der Waals surface area (Å²) in [5.74, 6) is 5.36. The highest BCUT2D eigenvalue weighted by Crippen LogP contribution is 1.96. The summed E-state index contributed by atoms with van der Waals surface area (Å²) in [5.41, 5.74) is 0.843. The standard InChI is InChI=1S/C12H12O2/c1-10(13)9-12(14)8-7-11-5-3-2-4-6-11/h2-6,12,14H,9H2,1H3/t12-/m1/s1. The van der Waals surface area contributed by atoms with Crippen molar-refractivity contribution in [2.24, 2.45) is 0 Å². The molecule has 72 valence electrons. The first kappa shape index (κ1) is 10.5. The van der Waals surface area contributed by atoms with Crippen molar-refractivity contribution in [2.75, 3.05) is 0 Å². The summed E-state index contributed by atoms with van der Waals surface area (Å²) in [6, 6.07) is 9.36. The molecule has 0 amide bonds. The van der Waals surface area contributed by atoms with E-state index >= 15 is 0 Å². The Labute approximate surface area is 83.6 Å². The van der Waals surface area contributed by atoms with Gasteiger partial charge in [0, 0.05) is 12.0 Å². The molecule has 0 aliphatic carbocycles. The van der Waals surface area contributed by atoms with Crippen molar-refractivity contribution in [3.8, 4) is 11.8 Å². The van der Waals surface area contributed by atoms with Gasteiger partial charge in [-0.25, -0.2) is 0 Å². The molecule has 0 aliphatic rings. The minimum absolute atomic E-state index is 0.0557. The second-order valence-electron chi connectivity index (χ2n) is 3.06. The van der Waals surface area contributed by atoms with Gasteiger partial charge in [-0.2, -0.15) is 0 Å². The SMILES string of the molecule is CC(=O)C[C@H](O)C#Cc1ccccc1. The lowest BCUT2D eigenvalue weighted by Crippen LogP contribution is -2.08. The molecule has 2 heteroatoms. The van der Waals surface area contributed by atoms with Crippen molar-refractivity contribution in [2.45, 2.75) is 19.4 Å². The van der Waals surface area contributed by atoms with E-state index in [1.165, 1.54) is 6.92 Å². The number of benzene rings is 1. The molecule has 0 aliphatic heterocycles. The Bertz CT molecular complexity index is 357. The van der Waals surface area contributed by atoms with Crippen LogP contribution in [0.15, 0.2) is 30.3 Å². The highest BCUT2D eigenvalue weighted by molar-refractivity contribution is 5.76. The summed E-state index contributed by atoms with van der Waals surface area (Å²) in [6.45, 7) is 1.44. The normalized spacial score (nSPS) is 11.3. The van der Waals surface area contributed by atoms with E-state index in [0.717, 1.165) is 5.56 Å². The number of ketones is 1. The van der Waals surface area contributed by atoms with E-state index in [2.05, 4.69) is 11.8 Å². The second kappa shape index (κ2) is 5.21. The van der Waals surface area contributed by atoms with Crippen LogP contribution >= 0.6 is 0 Å². The molecule has 1 N–H and O–H groups in total. The molecular formula is C12H12O2. The van der Waals surface area contributed by atoms with Crippen LogP contribution in [-0.2, 0) is 4.79 Å². The van der Waals surface area contributed by atoms with E-state index in [9.17, 15) is 9.90 Å². The zero-order chi connectivity index (χ0) is 10.4. The first-order valence-electron chi connectivity index (χ1n) is 4.42. The fourth-order valence-electron chi connectivity index (χ4n) is 1.01. The minimum Gasteiger partial charge on any atom is -0.380 e. The monoisotopic (exact) mass is 188 g/mol. The number of aliphatic hydroxyl groups excluding tert-OH is 1. The van der Waals surface area contributed by atoms with Gasteiger partial charge in [-0.1, -0.05) is 30.0 Å². The van der Waals surface area contributed by atoms with Gasteiger partial charge in [-0.15, -0.1) is 0 Å². The third-order valence-corrected chi connectivity index (χ3v) is 1.64.